The number of carbonyl (C=O) groups is 1. The molecule has 10 heavy (non-hydrogen) atoms. The summed E-state index contributed by atoms with van der Waals surface area (Å²) in [5.41, 5.74) is 0. The summed E-state index contributed by atoms with van der Waals surface area (Å²) in [7, 11) is 0. The lowest BCUT2D eigenvalue weighted by Gasteiger charge is -2.19. The van der Waals surface area contributed by atoms with E-state index in [0.717, 1.165) is 10.9 Å². The molecule has 0 heterocycles. The van der Waals surface area contributed by atoms with Crippen LogP contribution in [-0.2, 0) is 4.79 Å². The highest BCUT2D eigenvalue weighted by molar-refractivity contribution is 9.11. The molecule has 1 aliphatic rings. The number of carboxylic acids is 1. The summed E-state index contributed by atoms with van der Waals surface area (Å²) < 4.78 is 1.12. The Hall–Kier alpha value is -0.310. The zero-order valence-corrected chi connectivity index (χ0v) is 7.06. The first-order valence-electron chi connectivity index (χ1n) is 3.25. The number of hydrogen-bond acceptors (Lipinski definition) is 2. The van der Waals surface area contributed by atoms with Crippen molar-refractivity contribution in [1.29, 1.82) is 0 Å². The first-order chi connectivity index (χ1) is 4.70. The van der Waals surface area contributed by atoms with Crippen molar-refractivity contribution in [3.05, 3.63) is 10.6 Å². The Morgan fingerprint density at radius 3 is 2.90 bits per heavy atom. The third-order valence-electron chi connectivity index (χ3n) is 1.69. The second-order valence-corrected chi connectivity index (χ2v) is 3.46. The molecule has 0 aliphatic heterocycles. The van der Waals surface area contributed by atoms with Crippen LogP contribution in [0.3, 0.4) is 0 Å². The SMILES string of the molecule is O=C([O-])[C@@H]1CC=C(Br)CC1. The fourth-order valence-electron chi connectivity index (χ4n) is 1.02. The van der Waals surface area contributed by atoms with Crippen molar-refractivity contribution in [3.8, 4) is 0 Å². The predicted octanol–water partition coefficient (Wildman–Crippen LogP) is 0.815. The van der Waals surface area contributed by atoms with E-state index in [1.165, 1.54) is 0 Å². The third kappa shape index (κ3) is 1.84. The summed E-state index contributed by atoms with van der Waals surface area (Å²) in [5.74, 6) is -1.18. The van der Waals surface area contributed by atoms with Gasteiger partial charge in [0, 0.05) is 11.9 Å². The number of allylic oxidation sites excluding steroid dienone is 2. The van der Waals surface area contributed by atoms with Crippen LogP contribution in [0.25, 0.3) is 0 Å². The van der Waals surface area contributed by atoms with Crippen molar-refractivity contribution in [2.24, 2.45) is 5.92 Å². The Morgan fingerprint density at radius 2 is 2.50 bits per heavy atom. The molecule has 0 amide bonds. The Balaban J connectivity index is 2.50. The number of aliphatic carboxylic acids is 1. The standard InChI is InChI=1S/C7H9BrO2/c8-6-3-1-5(2-4-6)7(9)10/h3,5H,1-2,4H2,(H,9,10)/p-1/t5-/m1/s1. The van der Waals surface area contributed by atoms with Gasteiger partial charge in [0.15, 0.2) is 0 Å². The lowest BCUT2D eigenvalue weighted by atomic mass is 9.95. The molecule has 0 fully saturated rings. The van der Waals surface area contributed by atoms with Crippen LogP contribution >= 0.6 is 15.9 Å². The van der Waals surface area contributed by atoms with E-state index in [2.05, 4.69) is 15.9 Å². The molecule has 1 atom stereocenters. The van der Waals surface area contributed by atoms with Crippen molar-refractivity contribution in [2.45, 2.75) is 19.3 Å². The zero-order valence-electron chi connectivity index (χ0n) is 5.47. The molecule has 1 aliphatic carbocycles. The van der Waals surface area contributed by atoms with Gasteiger partial charge in [-0.1, -0.05) is 22.0 Å². The Morgan fingerprint density at radius 1 is 1.80 bits per heavy atom. The van der Waals surface area contributed by atoms with Crippen LogP contribution in [0.1, 0.15) is 19.3 Å². The fourth-order valence-corrected chi connectivity index (χ4v) is 1.43. The van der Waals surface area contributed by atoms with E-state index in [9.17, 15) is 9.90 Å². The van der Waals surface area contributed by atoms with Gasteiger partial charge >= 0.3 is 0 Å². The maximum absolute atomic E-state index is 10.3. The summed E-state index contributed by atoms with van der Waals surface area (Å²) >= 11 is 3.31. The van der Waals surface area contributed by atoms with Gasteiger partial charge in [0.2, 0.25) is 0 Å². The van der Waals surface area contributed by atoms with Crippen molar-refractivity contribution in [3.63, 3.8) is 0 Å². The largest absolute Gasteiger partial charge is 0.550 e. The van der Waals surface area contributed by atoms with Gasteiger partial charge in [0.25, 0.3) is 0 Å². The lowest BCUT2D eigenvalue weighted by Crippen LogP contribution is -2.31. The second kappa shape index (κ2) is 3.19. The van der Waals surface area contributed by atoms with Crippen LogP contribution in [0.2, 0.25) is 0 Å². The van der Waals surface area contributed by atoms with Gasteiger partial charge in [0.05, 0.1) is 0 Å². The monoisotopic (exact) mass is 203 g/mol. The van der Waals surface area contributed by atoms with Gasteiger partial charge in [-0.05, 0) is 23.7 Å². The molecule has 0 N–H and O–H groups in total. The Kier molecular flexibility index (Phi) is 2.49. The van der Waals surface area contributed by atoms with Gasteiger partial charge in [0.1, 0.15) is 0 Å². The van der Waals surface area contributed by atoms with Crippen LogP contribution in [0.15, 0.2) is 10.6 Å². The minimum absolute atomic E-state index is 0.263. The minimum atomic E-state index is -0.920. The maximum atomic E-state index is 10.3. The molecule has 0 aromatic heterocycles. The minimum Gasteiger partial charge on any atom is -0.550 e. The number of carboxylic acid groups (broad SMARTS) is 1. The van der Waals surface area contributed by atoms with Crippen molar-refractivity contribution < 1.29 is 9.90 Å². The van der Waals surface area contributed by atoms with E-state index in [-0.39, 0.29) is 5.92 Å². The lowest BCUT2D eigenvalue weighted by molar-refractivity contribution is -0.311. The first-order valence-corrected chi connectivity index (χ1v) is 4.05. The highest BCUT2D eigenvalue weighted by Gasteiger charge is 2.13. The number of carbonyl (C=O) groups excluding carboxylic acids is 1. The van der Waals surface area contributed by atoms with E-state index >= 15 is 0 Å². The van der Waals surface area contributed by atoms with Crippen LogP contribution in [0.5, 0.6) is 0 Å². The molecule has 0 aromatic rings. The van der Waals surface area contributed by atoms with Gasteiger partial charge in [-0.2, -0.15) is 0 Å². The van der Waals surface area contributed by atoms with Gasteiger partial charge < -0.3 is 9.90 Å². The van der Waals surface area contributed by atoms with Crippen LogP contribution in [0.4, 0.5) is 0 Å². The van der Waals surface area contributed by atoms with Crippen molar-refractivity contribution in [2.75, 3.05) is 0 Å². The summed E-state index contributed by atoms with van der Waals surface area (Å²) in [6, 6.07) is 0. The summed E-state index contributed by atoms with van der Waals surface area (Å²) in [4.78, 5) is 10.3. The van der Waals surface area contributed by atoms with E-state index in [1.54, 1.807) is 0 Å². The predicted molar refractivity (Wildman–Crippen MR) is 39.4 cm³/mol. The molecule has 0 bridgehead atoms. The van der Waals surface area contributed by atoms with Crippen molar-refractivity contribution in [1.82, 2.24) is 0 Å². The molecule has 0 radical (unpaired) electrons. The van der Waals surface area contributed by atoms with E-state index < -0.39 is 5.97 Å². The number of halogens is 1. The van der Waals surface area contributed by atoms with E-state index in [1.807, 2.05) is 6.08 Å². The van der Waals surface area contributed by atoms with Gasteiger partial charge in [-0.15, -0.1) is 0 Å². The topological polar surface area (TPSA) is 40.1 Å². The Bertz CT molecular complexity index is 174. The number of rotatable bonds is 1. The molecule has 2 nitrogen and oxygen atoms in total. The summed E-state index contributed by atoms with van der Waals surface area (Å²) in [6.45, 7) is 0. The molecule has 0 aromatic carbocycles. The molecule has 0 saturated heterocycles. The molecule has 3 heteroatoms. The smallest absolute Gasteiger partial charge is 0.0448 e. The third-order valence-corrected chi connectivity index (χ3v) is 2.41. The second-order valence-electron chi connectivity index (χ2n) is 2.44. The first kappa shape index (κ1) is 7.79. The highest BCUT2D eigenvalue weighted by Crippen LogP contribution is 2.26. The maximum Gasteiger partial charge on any atom is 0.0448 e. The zero-order chi connectivity index (χ0) is 7.56. The molecule has 0 unspecified atom stereocenters. The molecule has 1 rings (SSSR count). The van der Waals surface area contributed by atoms with Gasteiger partial charge in [-0.3, -0.25) is 0 Å². The summed E-state index contributed by atoms with van der Waals surface area (Å²) in [6.07, 6.45) is 4.06. The summed E-state index contributed by atoms with van der Waals surface area (Å²) in [5, 5.41) is 10.3. The normalized spacial score (nSPS) is 25.7. The molecule has 0 saturated carbocycles. The molecular formula is C7H8BrO2-. The van der Waals surface area contributed by atoms with Crippen LogP contribution in [-0.4, -0.2) is 5.97 Å². The number of hydrogen-bond donors (Lipinski definition) is 0. The molecule has 0 spiro atoms. The van der Waals surface area contributed by atoms with Crippen molar-refractivity contribution >= 4 is 21.9 Å². The van der Waals surface area contributed by atoms with E-state index in [4.69, 9.17) is 0 Å². The fraction of sp³-hybridized carbons (Fsp3) is 0.571. The van der Waals surface area contributed by atoms with E-state index in [0.29, 0.717) is 12.8 Å². The Labute approximate surface area is 68.1 Å². The molecule has 56 valence electrons. The molecular weight excluding hydrogens is 196 g/mol. The van der Waals surface area contributed by atoms with Gasteiger partial charge in [-0.25, -0.2) is 0 Å². The van der Waals surface area contributed by atoms with Crippen LogP contribution < -0.4 is 5.11 Å². The highest BCUT2D eigenvalue weighted by atomic mass is 79.9. The van der Waals surface area contributed by atoms with Crippen LogP contribution in [0, 0.1) is 5.92 Å². The quantitative estimate of drug-likeness (QED) is 0.634. The average Bonchev–Trinajstić information content (AvgIpc) is 1.88. The average molecular weight is 204 g/mol.